The Morgan fingerprint density at radius 3 is 2.94 bits per heavy atom. The molecule has 6 heteroatoms. The smallest absolute Gasteiger partial charge is 0.307 e. The lowest BCUT2D eigenvalue weighted by atomic mass is 10.2. The molecule has 0 aliphatic heterocycles. The van der Waals surface area contributed by atoms with Crippen LogP contribution in [0.15, 0.2) is 4.52 Å². The highest BCUT2D eigenvalue weighted by Gasteiger charge is 2.10. The summed E-state index contributed by atoms with van der Waals surface area (Å²) in [7, 11) is 0. The first kappa shape index (κ1) is 12.6. The van der Waals surface area contributed by atoms with E-state index in [0.29, 0.717) is 31.3 Å². The molecule has 0 aromatic carbocycles. The van der Waals surface area contributed by atoms with Crippen LogP contribution < -0.4 is 5.32 Å². The fourth-order valence-corrected chi connectivity index (χ4v) is 1.22. The van der Waals surface area contributed by atoms with Crippen LogP contribution in [0.2, 0.25) is 0 Å². The van der Waals surface area contributed by atoms with Gasteiger partial charge in [0.2, 0.25) is 5.89 Å². The standard InChI is InChI=1S/C10H17N3O3/c1-4-15-10(14)5-7(2)11-6-9-12-8(3)16-13-9/h7,11H,4-6H2,1-3H3. The lowest BCUT2D eigenvalue weighted by Crippen LogP contribution is -2.29. The number of hydrogen-bond acceptors (Lipinski definition) is 6. The predicted molar refractivity (Wildman–Crippen MR) is 56.6 cm³/mol. The van der Waals surface area contributed by atoms with Gasteiger partial charge in [-0.1, -0.05) is 5.16 Å². The van der Waals surface area contributed by atoms with Gasteiger partial charge in [-0.15, -0.1) is 0 Å². The molecule has 1 aromatic heterocycles. The van der Waals surface area contributed by atoms with E-state index in [1.165, 1.54) is 0 Å². The Labute approximate surface area is 94.4 Å². The largest absolute Gasteiger partial charge is 0.466 e. The first-order chi connectivity index (χ1) is 7.61. The lowest BCUT2D eigenvalue weighted by Gasteiger charge is -2.10. The van der Waals surface area contributed by atoms with E-state index in [4.69, 9.17) is 9.26 Å². The summed E-state index contributed by atoms with van der Waals surface area (Å²) in [6.07, 6.45) is 0.338. The van der Waals surface area contributed by atoms with Crippen molar-refractivity contribution in [2.75, 3.05) is 6.61 Å². The highest BCUT2D eigenvalue weighted by molar-refractivity contribution is 5.69. The maximum atomic E-state index is 11.2. The minimum atomic E-state index is -0.202. The van der Waals surface area contributed by atoms with E-state index in [1.807, 2.05) is 6.92 Å². The molecule has 1 atom stereocenters. The third kappa shape index (κ3) is 4.39. The molecule has 1 heterocycles. The monoisotopic (exact) mass is 227 g/mol. The molecule has 0 fully saturated rings. The summed E-state index contributed by atoms with van der Waals surface area (Å²) in [5, 5.41) is 6.85. The second kappa shape index (κ2) is 6.22. The van der Waals surface area contributed by atoms with E-state index >= 15 is 0 Å². The van der Waals surface area contributed by atoms with Crippen LogP contribution >= 0.6 is 0 Å². The number of carbonyl (C=O) groups is 1. The summed E-state index contributed by atoms with van der Waals surface area (Å²) >= 11 is 0. The average Bonchev–Trinajstić information content (AvgIpc) is 2.61. The summed E-state index contributed by atoms with van der Waals surface area (Å²) in [6, 6.07) is 0.0258. The van der Waals surface area contributed by atoms with Crippen molar-refractivity contribution in [1.29, 1.82) is 0 Å². The van der Waals surface area contributed by atoms with Crippen molar-refractivity contribution >= 4 is 5.97 Å². The molecule has 1 unspecified atom stereocenters. The van der Waals surface area contributed by atoms with Crippen LogP contribution in [0, 0.1) is 6.92 Å². The van der Waals surface area contributed by atoms with E-state index in [-0.39, 0.29) is 12.0 Å². The van der Waals surface area contributed by atoms with Gasteiger partial charge < -0.3 is 14.6 Å². The summed E-state index contributed by atoms with van der Waals surface area (Å²) in [6.45, 7) is 6.33. The fourth-order valence-electron chi connectivity index (χ4n) is 1.22. The van der Waals surface area contributed by atoms with Crippen LogP contribution in [0.25, 0.3) is 0 Å². The molecule has 0 aliphatic carbocycles. The number of rotatable bonds is 6. The van der Waals surface area contributed by atoms with Crippen LogP contribution in [-0.2, 0) is 16.1 Å². The molecule has 6 nitrogen and oxygen atoms in total. The van der Waals surface area contributed by atoms with E-state index in [0.717, 1.165) is 0 Å². The highest BCUT2D eigenvalue weighted by Crippen LogP contribution is 1.98. The number of aryl methyl sites for hydroxylation is 1. The zero-order chi connectivity index (χ0) is 12.0. The number of nitrogens with zero attached hydrogens (tertiary/aromatic N) is 2. The van der Waals surface area contributed by atoms with Crippen molar-refractivity contribution in [2.45, 2.75) is 39.8 Å². The Kier molecular flexibility index (Phi) is 4.91. The molecular formula is C10H17N3O3. The SMILES string of the molecule is CCOC(=O)CC(C)NCc1noc(C)n1. The number of nitrogens with one attached hydrogen (secondary N) is 1. The van der Waals surface area contributed by atoms with E-state index in [1.54, 1.807) is 13.8 Å². The van der Waals surface area contributed by atoms with Crippen molar-refractivity contribution in [3.05, 3.63) is 11.7 Å². The number of hydrogen-bond donors (Lipinski definition) is 1. The zero-order valence-corrected chi connectivity index (χ0v) is 9.82. The van der Waals surface area contributed by atoms with Gasteiger partial charge in [-0.25, -0.2) is 0 Å². The van der Waals surface area contributed by atoms with Gasteiger partial charge in [-0.2, -0.15) is 4.98 Å². The molecule has 0 aliphatic rings. The fraction of sp³-hybridized carbons (Fsp3) is 0.700. The Bertz CT molecular complexity index is 338. The van der Waals surface area contributed by atoms with Crippen molar-refractivity contribution in [3.63, 3.8) is 0 Å². The van der Waals surface area contributed by atoms with Crippen LogP contribution in [0.5, 0.6) is 0 Å². The average molecular weight is 227 g/mol. The first-order valence-corrected chi connectivity index (χ1v) is 5.30. The minimum absolute atomic E-state index is 0.0258. The van der Waals surface area contributed by atoms with E-state index < -0.39 is 0 Å². The Morgan fingerprint density at radius 1 is 1.62 bits per heavy atom. The van der Waals surface area contributed by atoms with Crippen LogP contribution in [-0.4, -0.2) is 28.8 Å². The van der Waals surface area contributed by atoms with Crippen molar-refractivity contribution < 1.29 is 14.1 Å². The molecule has 0 bridgehead atoms. The number of ether oxygens (including phenoxy) is 1. The number of esters is 1. The van der Waals surface area contributed by atoms with Gasteiger partial charge in [0.15, 0.2) is 5.82 Å². The predicted octanol–water partition coefficient (Wildman–Crippen LogP) is 0.809. The van der Waals surface area contributed by atoms with Crippen molar-refractivity contribution in [1.82, 2.24) is 15.5 Å². The molecule has 0 saturated carbocycles. The van der Waals surface area contributed by atoms with Gasteiger partial charge in [0, 0.05) is 13.0 Å². The number of aromatic nitrogens is 2. The molecule has 0 saturated heterocycles. The maximum absolute atomic E-state index is 11.2. The Morgan fingerprint density at radius 2 is 2.38 bits per heavy atom. The quantitative estimate of drug-likeness (QED) is 0.725. The summed E-state index contributed by atoms with van der Waals surface area (Å²) < 4.78 is 9.66. The molecule has 1 rings (SSSR count). The van der Waals surface area contributed by atoms with Gasteiger partial charge >= 0.3 is 5.97 Å². The summed E-state index contributed by atoms with van der Waals surface area (Å²) in [5.74, 6) is 0.926. The topological polar surface area (TPSA) is 77.2 Å². The molecule has 16 heavy (non-hydrogen) atoms. The zero-order valence-electron chi connectivity index (χ0n) is 9.82. The van der Waals surface area contributed by atoms with E-state index in [2.05, 4.69) is 15.5 Å². The molecular weight excluding hydrogens is 210 g/mol. The van der Waals surface area contributed by atoms with Gasteiger partial charge in [0.1, 0.15) is 0 Å². The molecule has 1 N–H and O–H groups in total. The number of carbonyl (C=O) groups excluding carboxylic acids is 1. The second-order valence-corrected chi connectivity index (χ2v) is 3.52. The second-order valence-electron chi connectivity index (χ2n) is 3.52. The summed E-state index contributed by atoms with van der Waals surface area (Å²) in [5.41, 5.74) is 0. The van der Waals surface area contributed by atoms with Gasteiger partial charge in [0.05, 0.1) is 19.6 Å². The molecule has 0 spiro atoms. The van der Waals surface area contributed by atoms with E-state index in [9.17, 15) is 4.79 Å². The van der Waals surface area contributed by atoms with Gasteiger partial charge in [-0.3, -0.25) is 4.79 Å². The first-order valence-electron chi connectivity index (χ1n) is 5.30. The Hall–Kier alpha value is -1.43. The van der Waals surface area contributed by atoms with Crippen LogP contribution in [0.4, 0.5) is 0 Å². The van der Waals surface area contributed by atoms with Crippen molar-refractivity contribution in [2.24, 2.45) is 0 Å². The van der Waals surface area contributed by atoms with Gasteiger partial charge in [0.25, 0.3) is 0 Å². The normalized spacial score (nSPS) is 12.4. The highest BCUT2D eigenvalue weighted by atomic mass is 16.5. The third-order valence-electron chi connectivity index (χ3n) is 1.96. The third-order valence-corrected chi connectivity index (χ3v) is 1.96. The van der Waals surface area contributed by atoms with Crippen LogP contribution in [0.3, 0.4) is 0 Å². The molecule has 0 amide bonds. The minimum Gasteiger partial charge on any atom is -0.466 e. The Balaban J connectivity index is 2.24. The van der Waals surface area contributed by atoms with Crippen molar-refractivity contribution in [3.8, 4) is 0 Å². The van der Waals surface area contributed by atoms with Gasteiger partial charge in [-0.05, 0) is 13.8 Å². The summed E-state index contributed by atoms with van der Waals surface area (Å²) in [4.78, 5) is 15.2. The molecule has 1 aromatic rings. The lowest BCUT2D eigenvalue weighted by molar-refractivity contribution is -0.143. The molecule has 0 radical (unpaired) electrons. The maximum Gasteiger partial charge on any atom is 0.307 e. The van der Waals surface area contributed by atoms with Crippen LogP contribution in [0.1, 0.15) is 32.0 Å². The molecule has 90 valence electrons.